The number of rotatable bonds is 4. The number of fused-ring (bicyclic) bond motifs is 1. The summed E-state index contributed by atoms with van der Waals surface area (Å²) in [6, 6.07) is 20.8. The van der Waals surface area contributed by atoms with E-state index in [0.29, 0.717) is 24.2 Å². The zero-order valence-electron chi connectivity index (χ0n) is 14.7. The maximum Gasteiger partial charge on any atom is 0.248 e. The second-order valence-electron chi connectivity index (χ2n) is 6.63. The minimum absolute atomic E-state index is 0.0973. The number of hydrogen-bond acceptors (Lipinski definition) is 4. The van der Waals surface area contributed by atoms with Gasteiger partial charge < -0.3 is 11.1 Å². The summed E-state index contributed by atoms with van der Waals surface area (Å²) in [5.41, 5.74) is 7.30. The number of primary amides is 1. The molecule has 134 valence electrons. The van der Waals surface area contributed by atoms with Crippen LogP contribution in [-0.2, 0) is 0 Å². The van der Waals surface area contributed by atoms with Crippen molar-refractivity contribution in [3.05, 3.63) is 83.4 Å². The molecule has 0 fully saturated rings. The molecule has 0 spiro atoms. The Morgan fingerprint density at radius 3 is 2.30 bits per heavy atom. The summed E-state index contributed by atoms with van der Waals surface area (Å²) in [4.78, 5) is 28.5. The minimum atomic E-state index is -0.457. The lowest BCUT2D eigenvalue weighted by Gasteiger charge is -2.22. The van der Waals surface area contributed by atoms with Crippen molar-refractivity contribution in [3.8, 4) is 0 Å². The van der Waals surface area contributed by atoms with Crippen molar-refractivity contribution in [2.24, 2.45) is 16.6 Å². The van der Waals surface area contributed by atoms with Gasteiger partial charge in [-0.1, -0.05) is 48.5 Å². The highest BCUT2D eigenvalue weighted by molar-refractivity contribution is 6.04. The van der Waals surface area contributed by atoms with E-state index < -0.39 is 5.91 Å². The maximum atomic E-state index is 12.8. The molecule has 3 aromatic rings. The van der Waals surface area contributed by atoms with Crippen molar-refractivity contribution < 1.29 is 9.59 Å². The van der Waals surface area contributed by atoms with Gasteiger partial charge in [-0.3, -0.25) is 14.6 Å². The number of aliphatic imine (C=N–C) groups is 1. The second kappa shape index (κ2) is 7.03. The number of nitrogens with two attached hydrogens (primary N) is 1. The van der Waals surface area contributed by atoms with Gasteiger partial charge in [0.25, 0.3) is 0 Å². The second-order valence-corrected chi connectivity index (χ2v) is 6.63. The molecule has 1 atom stereocenters. The van der Waals surface area contributed by atoms with Crippen LogP contribution in [0.5, 0.6) is 0 Å². The zero-order chi connectivity index (χ0) is 18.8. The first-order valence-corrected chi connectivity index (χ1v) is 8.83. The minimum Gasteiger partial charge on any atom is -0.369 e. The van der Waals surface area contributed by atoms with Crippen molar-refractivity contribution in [3.63, 3.8) is 0 Å². The molecule has 0 aliphatic carbocycles. The van der Waals surface area contributed by atoms with Crippen molar-refractivity contribution in [1.82, 2.24) is 5.32 Å². The topological polar surface area (TPSA) is 84.6 Å². The van der Waals surface area contributed by atoms with Gasteiger partial charge in [-0.2, -0.15) is 0 Å². The lowest BCUT2D eigenvalue weighted by atomic mass is 9.94. The number of amides is 1. The Kier molecular flexibility index (Phi) is 4.42. The highest BCUT2D eigenvalue weighted by Crippen LogP contribution is 2.19. The fraction of sp³-hybridized carbons (Fsp3) is 0.136. The summed E-state index contributed by atoms with van der Waals surface area (Å²) in [6.07, 6.45) is 0. The van der Waals surface area contributed by atoms with Gasteiger partial charge in [-0.25, -0.2) is 0 Å². The summed E-state index contributed by atoms with van der Waals surface area (Å²) < 4.78 is 0. The first-order chi connectivity index (χ1) is 13.1. The summed E-state index contributed by atoms with van der Waals surface area (Å²) in [5, 5.41) is 5.42. The van der Waals surface area contributed by atoms with Crippen LogP contribution in [0.25, 0.3) is 10.8 Å². The molecule has 1 unspecified atom stereocenters. The van der Waals surface area contributed by atoms with E-state index in [1.807, 2.05) is 42.5 Å². The average molecular weight is 357 g/mol. The molecular formula is C22H19N3O2. The van der Waals surface area contributed by atoms with Crippen molar-refractivity contribution in [2.75, 3.05) is 13.1 Å². The van der Waals surface area contributed by atoms with E-state index >= 15 is 0 Å². The fourth-order valence-electron chi connectivity index (χ4n) is 3.28. The number of ketones is 1. The van der Waals surface area contributed by atoms with Gasteiger partial charge in [-0.15, -0.1) is 0 Å². The SMILES string of the molecule is NC(=O)c1ccc(C2=NCC(C(=O)c3ccc4ccccc4c3)CN2)cc1. The van der Waals surface area contributed by atoms with Crippen LogP contribution in [0.1, 0.15) is 26.3 Å². The predicted molar refractivity (Wildman–Crippen MR) is 106 cm³/mol. The molecule has 0 radical (unpaired) electrons. The first kappa shape index (κ1) is 17.0. The third-order valence-corrected chi connectivity index (χ3v) is 4.83. The quantitative estimate of drug-likeness (QED) is 0.704. The van der Waals surface area contributed by atoms with Gasteiger partial charge in [0, 0.05) is 23.2 Å². The molecule has 5 nitrogen and oxygen atoms in total. The summed E-state index contributed by atoms with van der Waals surface area (Å²) >= 11 is 0. The molecule has 3 N–H and O–H groups in total. The number of Topliss-reactive ketones (excluding diaryl/α,β-unsaturated/α-hetero) is 1. The third-order valence-electron chi connectivity index (χ3n) is 4.83. The number of nitrogens with zero attached hydrogens (tertiary/aromatic N) is 1. The molecule has 0 bridgehead atoms. The van der Waals surface area contributed by atoms with Gasteiger partial charge in [0.05, 0.1) is 12.5 Å². The van der Waals surface area contributed by atoms with E-state index in [2.05, 4.69) is 10.3 Å². The van der Waals surface area contributed by atoms with Crippen LogP contribution in [0.3, 0.4) is 0 Å². The first-order valence-electron chi connectivity index (χ1n) is 8.83. The summed E-state index contributed by atoms with van der Waals surface area (Å²) in [7, 11) is 0. The molecular weight excluding hydrogens is 338 g/mol. The number of nitrogens with one attached hydrogen (secondary N) is 1. The number of benzene rings is 3. The van der Waals surface area contributed by atoms with Crippen LogP contribution >= 0.6 is 0 Å². The third kappa shape index (κ3) is 3.44. The van der Waals surface area contributed by atoms with Gasteiger partial charge in [-0.05, 0) is 29.0 Å². The Balaban J connectivity index is 1.50. The predicted octanol–water partition coefficient (Wildman–Crippen LogP) is 2.79. The highest BCUT2D eigenvalue weighted by Gasteiger charge is 2.24. The normalized spacial score (nSPS) is 16.4. The van der Waals surface area contributed by atoms with Gasteiger partial charge in [0.1, 0.15) is 5.84 Å². The molecule has 0 aromatic heterocycles. The molecule has 4 rings (SSSR count). The molecule has 5 heteroatoms. The number of hydrogen-bond donors (Lipinski definition) is 2. The lowest BCUT2D eigenvalue weighted by Crippen LogP contribution is -2.39. The van der Waals surface area contributed by atoms with E-state index in [9.17, 15) is 9.59 Å². The number of carbonyl (C=O) groups is 2. The van der Waals surface area contributed by atoms with E-state index in [1.165, 1.54) is 0 Å². The molecule has 1 aliphatic heterocycles. The summed E-state index contributed by atoms with van der Waals surface area (Å²) in [5.74, 6) is 0.176. The van der Waals surface area contributed by atoms with Crippen molar-refractivity contribution in [2.45, 2.75) is 0 Å². The molecule has 1 heterocycles. The van der Waals surface area contributed by atoms with E-state index in [0.717, 1.165) is 22.2 Å². The van der Waals surface area contributed by atoms with Crippen LogP contribution < -0.4 is 11.1 Å². The van der Waals surface area contributed by atoms with Crippen LogP contribution in [0.4, 0.5) is 0 Å². The molecule has 27 heavy (non-hydrogen) atoms. The summed E-state index contributed by atoms with van der Waals surface area (Å²) in [6.45, 7) is 0.966. The Bertz CT molecular complexity index is 1050. The van der Waals surface area contributed by atoms with Crippen molar-refractivity contribution >= 4 is 28.3 Å². The molecule has 0 saturated carbocycles. The van der Waals surface area contributed by atoms with Crippen molar-refractivity contribution in [1.29, 1.82) is 0 Å². The molecule has 3 aromatic carbocycles. The average Bonchev–Trinajstić information content (AvgIpc) is 2.73. The van der Waals surface area contributed by atoms with Gasteiger partial charge in [0.2, 0.25) is 5.91 Å². The van der Waals surface area contributed by atoms with E-state index in [4.69, 9.17) is 5.73 Å². The van der Waals surface area contributed by atoms with Crippen LogP contribution in [0.15, 0.2) is 71.7 Å². The Morgan fingerprint density at radius 1 is 0.926 bits per heavy atom. The Morgan fingerprint density at radius 2 is 1.63 bits per heavy atom. The Labute approximate surface area is 156 Å². The van der Waals surface area contributed by atoms with E-state index in [-0.39, 0.29) is 11.7 Å². The lowest BCUT2D eigenvalue weighted by molar-refractivity contribution is 0.0923. The zero-order valence-corrected chi connectivity index (χ0v) is 14.7. The molecule has 1 aliphatic rings. The highest BCUT2D eigenvalue weighted by atomic mass is 16.1. The maximum absolute atomic E-state index is 12.8. The van der Waals surface area contributed by atoms with Gasteiger partial charge in [0.15, 0.2) is 5.78 Å². The van der Waals surface area contributed by atoms with Crippen LogP contribution in [0, 0.1) is 5.92 Å². The largest absolute Gasteiger partial charge is 0.369 e. The standard InChI is InChI=1S/C22H19N3O2/c23-21(27)15-6-8-16(9-7-15)22-24-12-19(13-25-22)20(26)18-10-5-14-3-1-2-4-17(14)11-18/h1-11,19H,12-13H2,(H2,23,27)(H,24,25). The fourth-order valence-corrected chi connectivity index (χ4v) is 3.28. The number of carbonyl (C=O) groups excluding carboxylic acids is 2. The van der Waals surface area contributed by atoms with Crippen LogP contribution in [-0.4, -0.2) is 30.6 Å². The molecule has 1 amide bonds. The monoisotopic (exact) mass is 357 g/mol. The van der Waals surface area contributed by atoms with E-state index in [1.54, 1.807) is 24.3 Å². The molecule has 0 saturated heterocycles. The number of amidine groups is 1. The smallest absolute Gasteiger partial charge is 0.248 e. The van der Waals surface area contributed by atoms with Crippen LogP contribution in [0.2, 0.25) is 0 Å². The Hall–Kier alpha value is -3.47. The van der Waals surface area contributed by atoms with Gasteiger partial charge >= 0.3 is 0 Å².